The molecule has 1 amide bonds. The Hall–Kier alpha value is -1.73. The van der Waals surface area contributed by atoms with Crippen molar-refractivity contribution in [1.29, 1.82) is 0 Å². The van der Waals surface area contributed by atoms with E-state index in [4.69, 9.17) is 16.3 Å². The number of likely N-dealkylation sites (N-methyl/N-ethyl adjacent to an activating group) is 1. The summed E-state index contributed by atoms with van der Waals surface area (Å²) in [4.78, 5) is 28.4. The standard InChI is InChI=1S/C23H29ClN2O3S/c1-15(2)29-14-19(25-23(28)21-6-7-22(24)30-21)20(27)13-16-4-5-17-8-10-26(3)11-9-18(17)12-16/h4-7,12,15,19H,8-11,13-14H2,1-3H3,(H,25,28). The lowest BCUT2D eigenvalue weighted by atomic mass is 9.96. The predicted molar refractivity (Wildman–Crippen MR) is 122 cm³/mol. The largest absolute Gasteiger partial charge is 0.376 e. The molecule has 0 fully saturated rings. The van der Waals surface area contributed by atoms with Crippen molar-refractivity contribution in [1.82, 2.24) is 10.2 Å². The zero-order valence-electron chi connectivity index (χ0n) is 17.7. The average Bonchev–Trinajstić information content (AvgIpc) is 3.05. The highest BCUT2D eigenvalue weighted by molar-refractivity contribution is 7.18. The van der Waals surface area contributed by atoms with Gasteiger partial charge in [0, 0.05) is 19.5 Å². The second kappa shape index (κ2) is 10.5. The van der Waals surface area contributed by atoms with Gasteiger partial charge in [0.2, 0.25) is 0 Å². The molecule has 0 saturated carbocycles. The van der Waals surface area contributed by atoms with Crippen LogP contribution in [0.5, 0.6) is 0 Å². The van der Waals surface area contributed by atoms with E-state index in [1.165, 1.54) is 22.5 Å². The number of carbonyl (C=O) groups is 2. The van der Waals surface area contributed by atoms with Gasteiger partial charge in [0.05, 0.1) is 21.9 Å². The molecular weight excluding hydrogens is 420 g/mol. The molecule has 1 unspecified atom stereocenters. The normalized spacial score (nSPS) is 15.5. The number of ether oxygens (including phenoxy) is 1. The Morgan fingerprint density at radius 2 is 1.90 bits per heavy atom. The summed E-state index contributed by atoms with van der Waals surface area (Å²) in [6, 6.07) is 8.96. The molecule has 1 aliphatic rings. The van der Waals surface area contributed by atoms with Crippen molar-refractivity contribution in [3.05, 3.63) is 56.2 Å². The number of Topliss-reactive ketones (excluding diaryl/α,β-unsaturated/α-hetero) is 1. The Morgan fingerprint density at radius 1 is 1.17 bits per heavy atom. The van der Waals surface area contributed by atoms with Crippen LogP contribution in [0.15, 0.2) is 30.3 Å². The van der Waals surface area contributed by atoms with E-state index < -0.39 is 6.04 Å². The minimum Gasteiger partial charge on any atom is -0.376 e. The third kappa shape index (κ3) is 6.38. The molecule has 1 aliphatic heterocycles. The molecule has 0 saturated heterocycles. The van der Waals surface area contributed by atoms with Crippen molar-refractivity contribution in [3.8, 4) is 0 Å². The summed E-state index contributed by atoms with van der Waals surface area (Å²) in [5.74, 6) is -0.361. The number of hydrogen-bond donors (Lipinski definition) is 1. The lowest BCUT2D eigenvalue weighted by molar-refractivity contribution is -0.122. The van der Waals surface area contributed by atoms with Gasteiger partial charge in [-0.15, -0.1) is 11.3 Å². The van der Waals surface area contributed by atoms with Crippen LogP contribution in [0, 0.1) is 0 Å². The molecule has 1 N–H and O–H groups in total. The number of carbonyl (C=O) groups excluding carboxylic acids is 2. The van der Waals surface area contributed by atoms with Gasteiger partial charge in [-0.05, 0) is 62.6 Å². The summed E-state index contributed by atoms with van der Waals surface area (Å²) in [5.41, 5.74) is 3.65. The van der Waals surface area contributed by atoms with Crippen molar-refractivity contribution in [3.63, 3.8) is 0 Å². The molecule has 0 bridgehead atoms. The summed E-state index contributed by atoms with van der Waals surface area (Å²) >= 11 is 7.13. The van der Waals surface area contributed by atoms with E-state index in [2.05, 4.69) is 29.4 Å². The first-order valence-corrected chi connectivity index (χ1v) is 11.5. The number of thiophene rings is 1. The van der Waals surface area contributed by atoms with Crippen molar-refractivity contribution in [2.24, 2.45) is 0 Å². The number of fused-ring (bicyclic) bond motifs is 1. The molecule has 3 rings (SSSR count). The minimum atomic E-state index is -0.703. The second-order valence-corrected chi connectivity index (χ2v) is 9.78. The quantitative estimate of drug-likeness (QED) is 0.667. The fraction of sp³-hybridized carbons (Fsp3) is 0.478. The minimum absolute atomic E-state index is 0.0298. The zero-order chi connectivity index (χ0) is 21.7. The van der Waals surface area contributed by atoms with Crippen LogP contribution in [-0.4, -0.2) is 55.5 Å². The lowest BCUT2D eigenvalue weighted by Gasteiger charge is -2.19. The van der Waals surface area contributed by atoms with Crippen LogP contribution >= 0.6 is 22.9 Å². The van der Waals surface area contributed by atoms with Gasteiger partial charge in [-0.2, -0.15) is 0 Å². The van der Waals surface area contributed by atoms with Gasteiger partial charge in [-0.3, -0.25) is 9.59 Å². The van der Waals surface area contributed by atoms with Crippen molar-refractivity contribution in [2.75, 3.05) is 26.7 Å². The predicted octanol–water partition coefficient (Wildman–Crippen LogP) is 3.77. The molecule has 1 aromatic heterocycles. The highest BCUT2D eigenvalue weighted by Crippen LogP contribution is 2.22. The van der Waals surface area contributed by atoms with Gasteiger partial charge in [0.1, 0.15) is 6.04 Å². The molecule has 0 spiro atoms. The van der Waals surface area contributed by atoms with Gasteiger partial charge in [-0.1, -0.05) is 29.8 Å². The molecule has 0 aliphatic carbocycles. The summed E-state index contributed by atoms with van der Waals surface area (Å²) in [6.45, 7) is 6.04. The van der Waals surface area contributed by atoms with Crippen molar-refractivity contribution < 1.29 is 14.3 Å². The maximum atomic E-state index is 13.1. The first-order valence-electron chi connectivity index (χ1n) is 10.3. The highest BCUT2D eigenvalue weighted by atomic mass is 35.5. The number of ketones is 1. The summed E-state index contributed by atoms with van der Waals surface area (Å²) < 4.78 is 6.20. The van der Waals surface area contributed by atoms with E-state index in [9.17, 15) is 9.59 Å². The van der Waals surface area contributed by atoms with Crippen LogP contribution in [0.1, 0.15) is 40.2 Å². The van der Waals surface area contributed by atoms with Crippen LogP contribution in [0.2, 0.25) is 4.34 Å². The summed E-state index contributed by atoms with van der Waals surface area (Å²) in [5, 5.41) is 2.83. The number of rotatable bonds is 8. The molecule has 1 atom stereocenters. The molecule has 1 aromatic carbocycles. The third-order valence-corrected chi connectivity index (χ3v) is 6.49. The van der Waals surface area contributed by atoms with Crippen molar-refractivity contribution in [2.45, 2.75) is 45.3 Å². The van der Waals surface area contributed by atoms with Gasteiger partial charge < -0.3 is 15.0 Å². The van der Waals surface area contributed by atoms with Crippen molar-refractivity contribution >= 4 is 34.6 Å². The fourth-order valence-electron chi connectivity index (χ4n) is 3.49. The Balaban J connectivity index is 1.70. The lowest BCUT2D eigenvalue weighted by Crippen LogP contribution is -2.45. The van der Waals surface area contributed by atoms with E-state index >= 15 is 0 Å². The van der Waals surface area contributed by atoms with Crippen LogP contribution in [0.25, 0.3) is 0 Å². The van der Waals surface area contributed by atoms with Gasteiger partial charge in [-0.25, -0.2) is 0 Å². The van der Waals surface area contributed by atoms with Gasteiger partial charge in [0.25, 0.3) is 5.91 Å². The van der Waals surface area contributed by atoms with E-state index in [1.54, 1.807) is 12.1 Å². The second-order valence-electron chi connectivity index (χ2n) is 8.06. The molecule has 0 radical (unpaired) electrons. The maximum absolute atomic E-state index is 13.1. The molecular formula is C23H29ClN2O3S. The Labute approximate surface area is 187 Å². The molecule has 2 aromatic rings. The number of nitrogens with zero attached hydrogens (tertiary/aromatic N) is 1. The Morgan fingerprint density at radius 3 is 2.57 bits per heavy atom. The third-order valence-electron chi connectivity index (χ3n) is 5.26. The van der Waals surface area contributed by atoms with E-state index in [0.29, 0.717) is 9.21 Å². The van der Waals surface area contributed by atoms with E-state index in [0.717, 1.165) is 31.5 Å². The monoisotopic (exact) mass is 448 g/mol. The maximum Gasteiger partial charge on any atom is 0.262 e. The SMILES string of the molecule is CC(C)OCC(NC(=O)c1ccc(Cl)s1)C(=O)Cc1ccc2c(c1)CCN(C)CC2. The van der Waals surface area contributed by atoms with Crippen LogP contribution in [-0.2, 0) is 28.8 Å². The van der Waals surface area contributed by atoms with Crippen LogP contribution < -0.4 is 5.32 Å². The van der Waals surface area contributed by atoms with E-state index in [-0.39, 0.29) is 30.8 Å². The van der Waals surface area contributed by atoms with Gasteiger partial charge in [0.15, 0.2) is 5.78 Å². The number of benzene rings is 1. The smallest absolute Gasteiger partial charge is 0.262 e. The molecule has 5 nitrogen and oxygen atoms in total. The highest BCUT2D eigenvalue weighted by Gasteiger charge is 2.23. The molecule has 7 heteroatoms. The fourth-order valence-corrected chi connectivity index (χ4v) is 4.44. The topological polar surface area (TPSA) is 58.6 Å². The molecule has 162 valence electrons. The number of halogens is 1. The molecule has 30 heavy (non-hydrogen) atoms. The zero-order valence-corrected chi connectivity index (χ0v) is 19.3. The first kappa shape index (κ1) is 22.9. The van der Waals surface area contributed by atoms with E-state index in [1.807, 2.05) is 19.9 Å². The number of hydrogen-bond acceptors (Lipinski definition) is 5. The number of amides is 1. The number of nitrogens with one attached hydrogen (secondary N) is 1. The average molecular weight is 449 g/mol. The Kier molecular flexibility index (Phi) is 8.06. The summed E-state index contributed by atoms with van der Waals surface area (Å²) in [6.07, 6.45) is 2.26. The van der Waals surface area contributed by atoms with Crippen LogP contribution in [0.3, 0.4) is 0 Å². The van der Waals surface area contributed by atoms with Crippen LogP contribution in [0.4, 0.5) is 0 Å². The first-order chi connectivity index (χ1) is 14.3. The Bertz CT molecular complexity index is 896. The molecule has 2 heterocycles. The van der Waals surface area contributed by atoms with Gasteiger partial charge >= 0.3 is 0 Å². The summed E-state index contributed by atoms with van der Waals surface area (Å²) in [7, 11) is 2.14.